The molecule has 3 aromatic rings. The molecule has 8 heteroatoms. The number of rotatable bonds is 6. The lowest BCUT2D eigenvalue weighted by molar-refractivity contribution is 0.132. The highest BCUT2D eigenvalue weighted by Gasteiger charge is 2.08. The highest BCUT2D eigenvalue weighted by Crippen LogP contribution is 2.34. The number of nitrogens with zero attached hydrogens (tertiary/aromatic N) is 2. The molecule has 0 amide bonds. The summed E-state index contributed by atoms with van der Waals surface area (Å²) < 4.78 is 0. The van der Waals surface area contributed by atoms with Gasteiger partial charge in [-0.1, -0.05) is 69.4 Å². The van der Waals surface area contributed by atoms with Gasteiger partial charge in [-0.2, -0.15) is 0 Å². The zero-order chi connectivity index (χ0) is 19.2. The van der Waals surface area contributed by atoms with E-state index in [1.54, 1.807) is 42.7 Å². The molecule has 3 rings (SSSR count). The second-order valence-corrected chi connectivity index (χ2v) is 8.04. The van der Waals surface area contributed by atoms with Gasteiger partial charge in [0.2, 0.25) is 0 Å². The van der Waals surface area contributed by atoms with Crippen LogP contribution in [-0.2, 0) is 11.4 Å². The van der Waals surface area contributed by atoms with Crippen LogP contribution in [0.3, 0.4) is 0 Å². The largest absolute Gasteiger partial charge is 0.391 e. The predicted molar refractivity (Wildman–Crippen MR) is 114 cm³/mol. The van der Waals surface area contributed by atoms with Crippen LogP contribution in [0.1, 0.15) is 11.1 Å². The van der Waals surface area contributed by atoms with Crippen LogP contribution in [0, 0.1) is 0 Å². The van der Waals surface area contributed by atoms with Gasteiger partial charge in [-0.05, 0) is 42.5 Å². The van der Waals surface area contributed by atoms with Crippen molar-refractivity contribution in [3.8, 4) is 0 Å². The van der Waals surface area contributed by atoms with Crippen LogP contribution >= 0.6 is 58.2 Å². The molecular weight excluding hydrogens is 446 g/mol. The maximum atomic E-state index is 6.24. The Balaban J connectivity index is 1.69. The van der Waals surface area contributed by atoms with E-state index in [2.05, 4.69) is 10.1 Å². The van der Waals surface area contributed by atoms with Gasteiger partial charge in [0.25, 0.3) is 0 Å². The summed E-state index contributed by atoms with van der Waals surface area (Å²) in [6.07, 6.45) is 3.31. The van der Waals surface area contributed by atoms with Gasteiger partial charge in [-0.25, -0.2) is 4.98 Å². The Morgan fingerprint density at radius 3 is 2.44 bits per heavy atom. The molecule has 0 aliphatic heterocycles. The van der Waals surface area contributed by atoms with Gasteiger partial charge in [-0.15, -0.1) is 0 Å². The average molecular weight is 458 g/mol. The Kier molecular flexibility index (Phi) is 7.27. The zero-order valence-corrected chi connectivity index (χ0v) is 17.5. The summed E-state index contributed by atoms with van der Waals surface area (Å²) in [5, 5.41) is 7.02. The molecule has 0 saturated heterocycles. The van der Waals surface area contributed by atoms with E-state index in [1.165, 1.54) is 11.8 Å². The summed E-state index contributed by atoms with van der Waals surface area (Å²) in [5.41, 5.74) is 1.60. The lowest BCUT2D eigenvalue weighted by Gasteiger charge is -2.06. The fourth-order valence-electron chi connectivity index (χ4n) is 2.09. The maximum absolute atomic E-state index is 6.24. The molecule has 0 bridgehead atoms. The van der Waals surface area contributed by atoms with E-state index < -0.39 is 0 Å². The zero-order valence-electron chi connectivity index (χ0n) is 13.7. The molecule has 0 radical (unpaired) electrons. The second kappa shape index (κ2) is 9.67. The number of oxime groups is 1. The van der Waals surface area contributed by atoms with Crippen molar-refractivity contribution in [3.05, 3.63) is 85.9 Å². The molecule has 0 aliphatic carbocycles. The van der Waals surface area contributed by atoms with E-state index in [4.69, 9.17) is 51.2 Å². The first-order valence-corrected chi connectivity index (χ1v) is 10.0. The molecule has 2 aromatic carbocycles. The minimum Gasteiger partial charge on any atom is -0.391 e. The van der Waals surface area contributed by atoms with Crippen LogP contribution in [0.4, 0.5) is 0 Å². The van der Waals surface area contributed by atoms with Crippen molar-refractivity contribution < 1.29 is 4.84 Å². The van der Waals surface area contributed by atoms with Gasteiger partial charge in [-0.3, -0.25) is 0 Å². The number of benzene rings is 2. The van der Waals surface area contributed by atoms with Crippen molar-refractivity contribution in [2.45, 2.75) is 16.5 Å². The summed E-state index contributed by atoms with van der Waals surface area (Å²) in [6, 6.07) is 14.3. The highest BCUT2D eigenvalue weighted by atomic mass is 35.5. The van der Waals surface area contributed by atoms with E-state index in [-0.39, 0.29) is 6.61 Å². The average Bonchev–Trinajstić information content (AvgIpc) is 2.63. The van der Waals surface area contributed by atoms with E-state index in [1.807, 2.05) is 18.2 Å². The molecule has 0 atom stereocenters. The first-order valence-electron chi connectivity index (χ1n) is 7.70. The van der Waals surface area contributed by atoms with Gasteiger partial charge in [0.1, 0.15) is 11.6 Å². The normalized spacial score (nSPS) is 11.1. The molecule has 1 aromatic heterocycles. The number of pyridine rings is 1. The number of aromatic nitrogens is 1. The summed E-state index contributed by atoms with van der Waals surface area (Å²) in [4.78, 5) is 10.6. The SMILES string of the molecule is Clc1ccc(CO/N=C\c2cccnc2Sc2ccc(Cl)cc2Cl)c(Cl)c1. The van der Waals surface area contributed by atoms with Crippen molar-refractivity contribution in [3.63, 3.8) is 0 Å². The second-order valence-electron chi connectivity index (χ2n) is 5.32. The van der Waals surface area contributed by atoms with Crippen LogP contribution < -0.4 is 0 Å². The fraction of sp³-hybridized carbons (Fsp3) is 0.0526. The number of halogens is 4. The third-order valence-electron chi connectivity index (χ3n) is 3.40. The van der Waals surface area contributed by atoms with Crippen LogP contribution in [-0.4, -0.2) is 11.2 Å². The Hall–Kier alpha value is -1.43. The molecule has 0 aliphatic rings. The molecule has 3 nitrogen and oxygen atoms in total. The first kappa shape index (κ1) is 20.3. The van der Waals surface area contributed by atoms with Crippen LogP contribution in [0.15, 0.2) is 69.8 Å². The van der Waals surface area contributed by atoms with Crippen molar-refractivity contribution >= 4 is 64.4 Å². The van der Waals surface area contributed by atoms with Gasteiger partial charge in [0.15, 0.2) is 0 Å². The Morgan fingerprint density at radius 1 is 0.963 bits per heavy atom. The quantitative estimate of drug-likeness (QED) is 0.285. The molecule has 27 heavy (non-hydrogen) atoms. The third kappa shape index (κ3) is 5.77. The van der Waals surface area contributed by atoms with E-state index in [0.717, 1.165) is 21.0 Å². The maximum Gasteiger partial charge on any atom is 0.143 e. The fourth-order valence-corrected chi connectivity index (χ4v) is 3.93. The molecule has 0 spiro atoms. The van der Waals surface area contributed by atoms with Gasteiger partial charge >= 0.3 is 0 Å². The van der Waals surface area contributed by atoms with E-state index >= 15 is 0 Å². The summed E-state index contributed by atoms with van der Waals surface area (Å²) in [6.45, 7) is 0.234. The predicted octanol–water partition coefficient (Wildman–Crippen LogP) is 7.40. The Morgan fingerprint density at radius 2 is 1.70 bits per heavy atom. The molecule has 0 N–H and O–H groups in total. The minimum atomic E-state index is 0.234. The lowest BCUT2D eigenvalue weighted by atomic mass is 10.2. The van der Waals surface area contributed by atoms with Crippen molar-refractivity contribution in [2.75, 3.05) is 0 Å². The topological polar surface area (TPSA) is 34.5 Å². The smallest absolute Gasteiger partial charge is 0.143 e. The summed E-state index contributed by atoms with van der Waals surface area (Å²) in [7, 11) is 0. The number of hydrogen-bond donors (Lipinski definition) is 0. The standard InChI is InChI=1S/C19H12Cl4N2OS/c20-14-4-3-13(16(22)8-14)11-26-25-10-12-2-1-7-24-19(12)27-18-6-5-15(21)9-17(18)23/h1-10H,11H2/b25-10-. The summed E-state index contributed by atoms with van der Waals surface area (Å²) in [5.74, 6) is 0. The first-order chi connectivity index (χ1) is 13.0. The van der Waals surface area contributed by atoms with Crippen molar-refractivity contribution in [2.24, 2.45) is 5.16 Å². The van der Waals surface area contributed by atoms with E-state index in [9.17, 15) is 0 Å². The van der Waals surface area contributed by atoms with Gasteiger partial charge in [0, 0.05) is 37.3 Å². The Labute approximate surface area is 181 Å². The monoisotopic (exact) mass is 456 g/mol. The van der Waals surface area contributed by atoms with Crippen LogP contribution in [0.2, 0.25) is 20.1 Å². The minimum absolute atomic E-state index is 0.234. The van der Waals surface area contributed by atoms with Crippen LogP contribution in [0.25, 0.3) is 0 Å². The summed E-state index contributed by atoms with van der Waals surface area (Å²) >= 11 is 25.6. The molecule has 0 saturated carbocycles. The molecule has 0 unspecified atom stereocenters. The van der Waals surface area contributed by atoms with Gasteiger partial charge in [0.05, 0.1) is 11.2 Å². The Bertz CT molecular complexity index is 982. The molecule has 0 fully saturated rings. The van der Waals surface area contributed by atoms with Gasteiger partial charge < -0.3 is 4.84 Å². The lowest BCUT2D eigenvalue weighted by Crippen LogP contribution is -1.92. The van der Waals surface area contributed by atoms with Crippen molar-refractivity contribution in [1.82, 2.24) is 4.98 Å². The van der Waals surface area contributed by atoms with E-state index in [0.29, 0.717) is 20.1 Å². The highest BCUT2D eigenvalue weighted by molar-refractivity contribution is 7.99. The van der Waals surface area contributed by atoms with Crippen LogP contribution in [0.5, 0.6) is 0 Å². The molecular formula is C19H12Cl4N2OS. The third-order valence-corrected chi connectivity index (χ3v) is 5.76. The van der Waals surface area contributed by atoms with Crippen molar-refractivity contribution in [1.29, 1.82) is 0 Å². The molecule has 1 heterocycles. The number of hydrogen-bond acceptors (Lipinski definition) is 4. The molecule has 138 valence electrons.